The molecule has 14 heavy (non-hydrogen) atoms. The molecular weight excluding hydrogens is 175 g/mol. The molecule has 0 saturated heterocycles. The molecule has 0 unspecified atom stereocenters. The predicted molar refractivity (Wildman–Crippen MR) is 56.5 cm³/mol. The zero-order valence-electron chi connectivity index (χ0n) is 8.38. The Labute approximate surface area is 85.1 Å². The smallest absolute Gasteiger partial charge is 0.177 e. The van der Waals surface area contributed by atoms with Gasteiger partial charge in [-0.3, -0.25) is 0 Å². The first kappa shape index (κ1) is 9.70. The van der Waals surface area contributed by atoms with E-state index in [2.05, 4.69) is 0 Å². The van der Waals surface area contributed by atoms with Gasteiger partial charge in [-0.15, -0.1) is 0 Å². The summed E-state index contributed by atoms with van der Waals surface area (Å²) in [6.07, 6.45) is 5.81. The van der Waals surface area contributed by atoms with Gasteiger partial charge in [-0.1, -0.05) is 49.6 Å². The van der Waals surface area contributed by atoms with E-state index in [-0.39, 0.29) is 12.1 Å². The molecular formula is C13H16F. The predicted octanol–water partition coefficient (Wildman–Crippen LogP) is 4.12. The Kier molecular flexibility index (Phi) is 3.18. The largest absolute Gasteiger partial charge is 0.234 e. The Morgan fingerprint density at radius 2 is 1.64 bits per heavy atom. The van der Waals surface area contributed by atoms with Crippen molar-refractivity contribution in [2.75, 3.05) is 0 Å². The van der Waals surface area contributed by atoms with Crippen molar-refractivity contribution in [1.82, 2.24) is 0 Å². The van der Waals surface area contributed by atoms with Gasteiger partial charge in [0.2, 0.25) is 0 Å². The van der Waals surface area contributed by atoms with Gasteiger partial charge in [-0.2, -0.15) is 0 Å². The first-order valence-corrected chi connectivity index (χ1v) is 5.45. The van der Waals surface area contributed by atoms with Gasteiger partial charge < -0.3 is 0 Å². The summed E-state index contributed by atoms with van der Waals surface area (Å²) in [5.41, 5.74) is 0.777. The molecule has 1 aliphatic carbocycles. The van der Waals surface area contributed by atoms with E-state index in [1.165, 1.54) is 19.3 Å². The van der Waals surface area contributed by atoms with Crippen LogP contribution in [0.4, 0.5) is 4.39 Å². The highest BCUT2D eigenvalue weighted by Gasteiger charge is 2.25. The number of hydrogen-bond donors (Lipinski definition) is 0. The van der Waals surface area contributed by atoms with E-state index in [0.717, 1.165) is 18.4 Å². The lowest BCUT2D eigenvalue weighted by Crippen LogP contribution is -2.13. The molecule has 0 nitrogen and oxygen atoms in total. The Balaban J connectivity index is 2.03. The molecule has 0 heterocycles. The summed E-state index contributed by atoms with van der Waals surface area (Å²) in [5.74, 6) is 0.186. The van der Waals surface area contributed by atoms with E-state index in [1.807, 2.05) is 30.3 Å². The average molecular weight is 191 g/mol. The van der Waals surface area contributed by atoms with Crippen LogP contribution in [0.2, 0.25) is 0 Å². The molecule has 1 aliphatic rings. The number of benzene rings is 1. The van der Waals surface area contributed by atoms with Crippen LogP contribution in [0.25, 0.3) is 0 Å². The Bertz CT molecular complexity index is 262. The van der Waals surface area contributed by atoms with Crippen LogP contribution < -0.4 is 0 Å². The molecule has 0 aromatic heterocycles. The third-order valence-corrected chi connectivity index (χ3v) is 3.01. The third kappa shape index (κ3) is 2.14. The first-order valence-electron chi connectivity index (χ1n) is 5.45. The van der Waals surface area contributed by atoms with Crippen molar-refractivity contribution >= 4 is 0 Å². The van der Waals surface area contributed by atoms with Gasteiger partial charge in [0, 0.05) is 5.92 Å². The Morgan fingerprint density at radius 3 is 2.29 bits per heavy atom. The maximum Gasteiger partial charge on any atom is 0.177 e. The summed E-state index contributed by atoms with van der Waals surface area (Å²) in [7, 11) is 0. The van der Waals surface area contributed by atoms with Crippen LogP contribution in [-0.4, -0.2) is 0 Å². The van der Waals surface area contributed by atoms with E-state index in [0.29, 0.717) is 0 Å². The Hall–Kier alpha value is -0.850. The maximum absolute atomic E-state index is 13.9. The van der Waals surface area contributed by atoms with Crippen LogP contribution >= 0.6 is 0 Å². The lowest BCUT2D eigenvalue weighted by molar-refractivity contribution is 0.298. The van der Waals surface area contributed by atoms with Crippen molar-refractivity contribution in [1.29, 1.82) is 0 Å². The molecule has 0 N–H and O–H groups in total. The fourth-order valence-electron chi connectivity index (χ4n) is 2.19. The zero-order chi connectivity index (χ0) is 9.80. The quantitative estimate of drug-likeness (QED) is 0.659. The normalized spacial score (nSPS) is 18.7. The lowest BCUT2D eigenvalue weighted by atomic mass is 9.83. The second-order valence-electron chi connectivity index (χ2n) is 4.05. The van der Waals surface area contributed by atoms with Crippen LogP contribution in [0, 0.1) is 12.1 Å². The summed E-state index contributed by atoms with van der Waals surface area (Å²) in [6, 6.07) is 9.46. The van der Waals surface area contributed by atoms with Gasteiger partial charge in [0.25, 0.3) is 0 Å². The van der Waals surface area contributed by atoms with Gasteiger partial charge in [-0.05, 0) is 18.4 Å². The minimum absolute atomic E-state index is 0.102. The molecule has 0 amide bonds. The second-order valence-corrected chi connectivity index (χ2v) is 4.05. The third-order valence-electron chi connectivity index (χ3n) is 3.01. The van der Waals surface area contributed by atoms with Gasteiger partial charge in [0.05, 0.1) is 0 Å². The van der Waals surface area contributed by atoms with Crippen molar-refractivity contribution < 1.29 is 4.39 Å². The van der Waals surface area contributed by atoms with E-state index in [4.69, 9.17) is 0 Å². The highest BCUT2D eigenvalue weighted by Crippen LogP contribution is 2.35. The van der Waals surface area contributed by atoms with E-state index >= 15 is 0 Å². The SMILES string of the molecule is F[C](c1ccccc1)C1CCCCC1. The molecule has 1 aromatic rings. The molecule has 1 fully saturated rings. The highest BCUT2D eigenvalue weighted by atomic mass is 19.1. The molecule has 1 saturated carbocycles. The highest BCUT2D eigenvalue weighted by molar-refractivity contribution is 5.27. The van der Waals surface area contributed by atoms with Gasteiger partial charge in [-0.25, -0.2) is 4.39 Å². The molecule has 0 spiro atoms. The average Bonchev–Trinajstić information content (AvgIpc) is 2.30. The van der Waals surface area contributed by atoms with E-state index in [9.17, 15) is 4.39 Å². The van der Waals surface area contributed by atoms with Gasteiger partial charge in [0.1, 0.15) is 0 Å². The van der Waals surface area contributed by atoms with Crippen molar-refractivity contribution in [3.05, 3.63) is 42.1 Å². The minimum Gasteiger partial charge on any atom is -0.234 e. The van der Waals surface area contributed by atoms with Crippen molar-refractivity contribution in [2.45, 2.75) is 32.1 Å². The van der Waals surface area contributed by atoms with Crippen molar-refractivity contribution in [2.24, 2.45) is 5.92 Å². The first-order chi connectivity index (χ1) is 6.88. The molecule has 1 heteroatoms. The van der Waals surface area contributed by atoms with Crippen LogP contribution in [0.15, 0.2) is 30.3 Å². The minimum atomic E-state index is 0.102. The van der Waals surface area contributed by atoms with E-state index < -0.39 is 0 Å². The summed E-state index contributed by atoms with van der Waals surface area (Å²) >= 11 is 0. The van der Waals surface area contributed by atoms with Crippen LogP contribution in [-0.2, 0) is 0 Å². The van der Waals surface area contributed by atoms with Gasteiger partial charge >= 0.3 is 0 Å². The van der Waals surface area contributed by atoms with Crippen LogP contribution in [0.3, 0.4) is 0 Å². The molecule has 0 aliphatic heterocycles. The molecule has 1 radical (unpaired) electrons. The fourth-order valence-corrected chi connectivity index (χ4v) is 2.19. The molecule has 1 aromatic carbocycles. The zero-order valence-corrected chi connectivity index (χ0v) is 8.38. The number of hydrogen-bond acceptors (Lipinski definition) is 0. The molecule has 2 rings (SSSR count). The standard InChI is InChI=1S/C13H16F/c14-13(11-7-3-1-4-8-11)12-9-5-2-6-10-12/h1,3-4,7-8,12H,2,5-6,9-10H2. The molecule has 75 valence electrons. The summed E-state index contributed by atoms with van der Waals surface area (Å²) in [4.78, 5) is 0. The number of rotatable bonds is 2. The number of halogens is 1. The van der Waals surface area contributed by atoms with Crippen LogP contribution in [0.1, 0.15) is 37.7 Å². The monoisotopic (exact) mass is 191 g/mol. The molecule has 0 bridgehead atoms. The summed E-state index contributed by atoms with van der Waals surface area (Å²) < 4.78 is 13.9. The fraction of sp³-hybridized carbons (Fsp3) is 0.462. The van der Waals surface area contributed by atoms with Crippen molar-refractivity contribution in [3.63, 3.8) is 0 Å². The van der Waals surface area contributed by atoms with Gasteiger partial charge in [0.15, 0.2) is 6.17 Å². The topological polar surface area (TPSA) is 0 Å². The molecule has 0 atom stereocenters. The van der Waals surface area contributed by atoms with E-state index in [1.54, 1.807) is 0 Å². The second kappa shape index (κ2) is 4.59. The maximum atomic E-state index is 13.9. The summed E-state index contributed by atoms with van der Waals surface area (Å²) in [6.45, 7) is 0. The lowest BCUT2D eigenvalue weighted by Gasteiger charge is -2.24. The van der Waals surface area contributed by atoms with Crippen molar-refractivity contribution in [3.8, 4) is 0 Å². The van der Waals surface area contributed by atoms with Crippen LogP contribution in [0.5, 0.6) is 0 Å². The Morgan fingerprint density at radius 1 is 1.00 bits per heavy atom. The summed E-state index contributed by atoms with van der Waals surface area (Å²) in [5, 5.41) is 0.